The van der Waals surface area contributed by atoms with Crippen LogP contribution in [0.4, 0.5) is 10.5 Å². The Labute approximate surface area is 229 Å². The molecule has 0 bridgehead atoms. The molecule has 0 spiro atoms. The maximum atomic E-state index is 13.4. The fourth-order valence-corrected chi connectivity index (χ4v) is 4.64. The molecule has 3 rings (SSSR count). The highest BCUT2D eigenvalue weighted by atomic mass is 16.6. The highest BCUT2D eigenvalue weighted by Crippen LogP contribution is 2.27. The van der Waals surface area contributed by atoms with Gasteiger partial charge in [0.05, 0.1) is 7.11 Å². The lowest BCUT2D eigenvalue weighted by Gasteiger charge is -2.30. The lowest BCUT2D eigenvalue weighted by atomic mass is 9.83. The molecule has 1 aromatic heterocycles. The molecule has 1 aromatic carbocycles. The van der Waals surface area contributed by atoms with Gasteiger partial charge in [-0.1, -0.05) is 31.4 Å². The van der Waals surface area contributed by atoms with Crippen LogP contribution in [0.15, 0.2) is 36.5 Å². The topological polar surface area (TPSA) is 141 Å². The van der Waals surface area contributed by atoms with Crippen LogP contribution in [0.25, 0.3) is 0 Å². The zero-order chi connectivity index (χ0) is 28.6. The fourth-order valence-electron chi connectivity index (χ4n) is 4.64. The Bertz CT molecular complexity index is 1150. The minimum atomic E-state index is -0.941. The van der Waals surface area contributed by atoms with Crippen molar-refractivity contribution in [1.82, 2.24) is 20.4 Å². The van der Waals surface area contributed by atoms with E-state index in [1.165, 1.54) is 11.8 Å². The molecule has 1 heterocycles. The lowest BCUT2D eigenvalue weighted by molar-refractivity contribution is -0.143. The van der Waals surface area contributed by atoms with E-state index in [1.807, 2.05) is 0 Å². The summed E-state index contributed by atoms with van der Waals surface area (Å²) in [5.41, 5.74) is 0.965. The van der Waals surface area contributed by atoms with Gasteiger partial charge in [-0.05, 0) is 63.3 Å². The van der Waals surface area contributed by atoms with Crippen LogP contribution < -0.4 is 16.0 Å². The molecule has 1 aliphatic rings. The molecule has 3 N–H and O–H groups in total. The van der Waals surface area contributed by atoms with Crippen molar-refractivity contribution in [2.45, 2.75) is 77.0 Å². The first-order valence-corrected chi connectivity index (χ1v) is 13.2. The van der Waals surface area contributed by atoms with Crippen LogP contribution in [-0.2, 0) is 32.5 Å². The molecule has 2 atom stereocenters. The highest BCUT2D eigenvalue weighted by Gasteiger charge is 2.32. The standard InChI is InChI=1S/C28H39N5O6/c1-28(2,3)39-27(37)31-21(26(36)38-5)17-18-11-13-20(14-12-18)30-25(35)23(19-9-7-6-8-10-19)32-24(34)22-15-16-29-33(22)4/h11-16,19,21,23H,6-10,17H2,1-5H3,(H,30,35)(H,31,37)(H,32,34)/t21-,23+/m1/s1. The summed E-state index contributed by atoms with van der Waals surface area (Å²) < 4.78 is 11.6. The maximum Gasteiger partial charge on any atom is 0.408 e. The Kier molecular flexibility index (Phi) is 10.1. The van der Waals surface area contributed by atoms with E-state index < -0.39 is 29.7 Å². The number of carbonyl (C=O) groups is 4. The van der Waals surface area contributed by atoms with Crippen LogP contribution >= 0.6 is 0 Å². The van der Waals surface area contributed by atoms with E-state index in [2.05, 4.69) is 21.0 Å². The van der Waals surface area contributed by atoms with Gasteiger partial charge in [-0.25, -0.2) is 9.59 Å². The first kappa shape index (κ1) is 29.7. The van der Waals surface area contributed by atoms with Crippen LogP contribution in [-0.4, -0.2) is 58.5 Å². The molecular weight excluding hydrogens is 502 g/mol. The molecule has 0 saturated heterocycles. The highest BCUT2D eigenvalue weighted by molar-refractivity contribution is 6.00. The number of nitrogens with one attached hydrogen (secondary N) is 3. The number of hydrogen-bond acceptors (Lipinski definition) is 7. The molecule has 212 valence electrons. The summed E-state index contributed by atoms with van der Waals surface area (Å²) in [6.45, 7) is 5.20. The van der Waals surface area contributed by atoms with Crippen molar-refractivity contribution < 1.29 is 28.7 Å². The molecule has 0 radical (unpaired) electrons. The minimum absolute atomic E-state index is 0.0370. The summed E-state index contributed by atoms with van der Waals surface area (Å²) >= 11 is 0. The number of carbonyl (C=O) groups excluding carboxylic acids is 4. The van der Waals surface area contributed by atoms with Crippen LogP contribution in [0.1, 0.15) is 68.9 Å². The van der Waals surface area contributed by atoms with Crippen LogP contribution in [0.5, 0.6) is 0 Å². The van der Waals surface area contributed by atoms with E-state index in [-0.39, 0.29) is 24.2 Å². The first-order valence-electron chi connectivity index (χ1n) is 13.2. The van der Waals surface area contributed by atoms with Crippen molar-refractivity contribution in [2.24, 2.45) is 13.0 Å². The number of nitrogens with zero attached hydrogens (tertiary/aromatic N) is 2. The number of ether oxygens (including phenoxy) is 2. The number of rotatable bonds is 9. The van der Waals surface area contributed by atoms with Gasteiger partial charge in [0.1, 0.15) is 23.4 Å². The third-order valence-corrected chi connectivity index (χ3v) is 6.58. The van der Waals surface area contributed by atoms with E-state index in [9.17, 15) is 19.2 Å². The van der Waals surface area contributed by atoms with Crippen molar-refractivity contribution >= 4 is 29.6 Å². The first-order chi connectivity index (χ1) is 18.5. The fraction of sp³-hybridized carbons (Fsp3) is 0.536. The predicted octanol–water partition coefficient (Wildman–Crippen LogP) is 3.35. The predicted molar refractivity (Wildman–Crippen MR) is 145 cm³/mol. The van der Waals surface area contributed by atoms with E-state index in [4.69, 9.17) is 9.47 Å². The number of aromatic nitrogens is 2. The van der Waals surface area contributed by atoms with Crippen molar-refractivity contribution in [3.8, 4) is 0 Å². The van der Waals surface area contributed by atoms with Crippen molar-refractivity contribution in [2.75, 3.05) is 12.4 Å². The summed E-state index contributed by atoms with van der Waals surface area (Å²) in [6.07, 6.45) is 5.88. The van der Waals surface area contributed by atoms with Gasteiger partial charge in [0.2, 0.25) is 5.91 Å². The number of anilines is 1. The molecule has 1 fully saturated rings. The Morgan fingerprint density at radius 3 is 2.26 bits per heavy atom. The zero-order valence-corrected chi connectivity index (χ0v) is 23.3. The molecule has 39 heavy (non-hydrogen) atoms. The average Bonchev–Trinajstić information content (AvgIpc) is 3.32. The summed E-state index contributed by atoms with van der Waals surface area (Å²) in [5.74, 6) is -1.20. The maximum absolute atomic E-state index is 13.4. The molecule has 11 heteroatoms. The Balaban J connectivity index is 1.67. The Morgan fingerprint density at radius 2 is 1.69 bits per heavy atom. The second-order valence-electron chi connectivity index (χ2n) is 10.8. The SMILES string of the molecule is COC(=O)[C@@H](Cc1ccc(NC(=O)[C@@H](NC(=O)c2ccnn2C)C2CCCCC2)cc1)NC(=O)OC(C)(C)C. The minimum Gasteiger partial charge on any atom is -0.467 e. The number of benzene rings is 1. The number of aryl methyl sites for hydroxylation is 1. The van der Waals surface area contributed by atoms with Gasteiger partial charge < -0.3 is 25.4 Å². The summed E-state index contributed by atoms with van der Waals surface area (Å²) in [6, 6.07) is 6.94. The molecule has 0 unspecified atom stereocenters. The number of amides is 3. The van der Waals surface area contributed by atoms with Crippen LogP contribution in [0.3, 0.4) is 0 Å². The van der Waals surface area contributed by atoms with E-state index in [1.54, 1.807) is 64.3 Å². The van der Waals surface area contributed by atoms with Crippen molar-refractivity contribution in [3.63, 3.8) is 0 Å². The quantitative estimate of drug-likeness (QED) is 0.414. The van der Waals surface area contributed by atoms with Gasteiger partial charge in [0.25, 0.3) is 5.91 Å². The molecule has 0 aliphatic heterocycles. The summed E-state index contributed by atoms with van der Waals surface area (Å²) in [7, 11) is 2.93. The van der Waals surface area contributed by atoms with E-state index >= 15 is 0 Å². The Hall–Kier alpha value is -3.89. The smallest absolute Gasteiger partial charge is 0.408 e. The van der Waals surface area contributed by atoms with Gasteiger partial charge in [-0.15, -0.1) is 0 Å². The normalized spacial score (nSPS) is 15.5. The summed E-state index contributed by atoms with van der Waals surface area (Å²) in [4.78, 5) is 50.7. The number of methoxy groups -OCH3 is 1. The van der Waals surface area contributed by atoms with E-state index in [0.717, 1.165) is 37.7 Å². The van der Waals surface area contributed by atoms with Crippen LogP contribution in [0, 0.1) is 5.92 Å². The molecule has 11 nitrogen and oxygen atoms in total. The van der Waals surface area contributed by atoms with Crippen LogP contribution in [0.2, 0.25) is 0 Å². The van der Waals surface area contributed by atoms with Crippen molar-refractivity contribution in [3.05, 3.63) is 47.8 Å². The average molecular weight is 542 g/mol. The van der Waals surface area contributed by atoms with Gasteiger partial charge in [-0.2, -0.15) is 5.10 Å². The largest absolute Gasteiger partial charge is 0.467 e. The second kappa shape index (κ2) is 13.3. The van der Waals surface area contributed by atoms with Gasteiger partial charge in [0.15, 0.2) is 0 Å². The molecule has 2 aromatic rings. The Morgan fingerprint density at radius 1 is 1.03 bits per heavy atom. The monoisotopic (exact) mass is 541 g/mol. The van der Waals surface area contributed by atoms with Gasteiger partial charge in [0, 0.05) is 25.4 Å². The van der Waals surface area contributed by atoms with E-state index in [0.29, 0.717) is 11.4 Å². The lowest BCUT2D eigenvalue weighted by Crippen LogP contribution is -2.49. The number of alkyl carbamates (subject to hydrolysis) is 1. The zero-order valence-electron chi connectivity index (χ0n) is 23.3. The second-order valence-corrected chi connectivity index (χ2v) is 10.8. The summed E-state index contributed by atoms with van der Waals surface area (Å²) in [5, 5.41) is 12.4. The third kappa shape index (κ3) is 8.83. The number of hydrogen-bond donors (Lipinski definition) is 3. The molecular formula is C28H39N5O6. The number of esters is 1. The molecule has 3 amide bonds. The third-order valence-electron chi connectivity index (χ3n) is 6.58. The molecule has 1 saturated carbocycles. The van der Waals surface area contributed by atoms with Gasteiger partial charge in [-0.3, -0.25) is 14.3 Å². The van der Waals surface area contributed by atoms with Crippen molar-refractivity contribution in [1.29, 1.82) is 0 Å². The van der Waals surface area contributed by atoms with Gasteiger partial charge >= 0.3 is 12.1 Å². The molecule has 1 aliphatic carbocycles.